The molecular formula is C53H92O6. The number of hydrogen-bond acceptors (Lipinski definition) is 6. The number of rotatable bonds is 44. The van der Waals surface area contributed by atoms with Gasteiger partial charge in [0, 0.05) is 19.3 Å². The van der Waals surface area contributed by atoms with E-state index in [4.69, 9.17) is 14.2 Å². The maximum atomic E-state index is 12.8. The van der Waals surface area contributed by atoms with Crippen molar-refractivity contribution in [2.75, 3.05) is 13.2 Å². The first-order valence-electron chi connectivity index (χ1n) is 24.8. The lowest BCUT2D eigenvalue weighted by Gasteiger charge is -2.18. The molecule has 0 spiro atoms. The highest BCUT2D eigenvalue weighted by molar-refractivity contribution is 5.71. The zero-order valence-electron chi connectivity index (χ0n) is 38.8. The Bertz CT molecular complexity index is 1090. The number of carbonyl (C=O) groups excluding carboxylic acids is 3. The van der Waals surface area contributed by atoms with Crippen molar-refractivity contribution in [3.05, 3.63) is 60.8 Å². The second kappa shape index (κ2) is 47.8. The second-order valence-electron chi connectivity index (χ2n) is 16.4. The van der Waals surface area contributed by atoms with Crippen LogP contribution in [0.2, 0.25) is 0 Å². The first-order valence-corrected chi connectivity index (χ1v) is 24.8. The van der Waals surface area contributed by atoms with Gasteiger partial charge < -0.3 is 14.2 Å². The fraction of sp³-hybridized carbons (Fsp3) is 0.755. The monoisotopic (exact) mass is 825 g/mol. The predicted octanol–water partition coefficient (Wildman–Crippen LogP) is 16.1. The van der Waals surface area contributed by atoms with Crippen molar-refractivity contribution in [3.8, 4) is 0 Å². The molecule has 340 valence electrons. The molecule has 0 N–H and O–H groups in total. The van der Waals surface area contributed by atoms with E-state index in [0.29, 0.717) is 19.3 Å². The van der Waals surface area contributed by atoms with Crippen LogP contribution in [0.3, 0.4) is 0 Å². The van der Waals surface area contributed by atoms with Gasteiger partial charge in [0.1, 0.15) is 13.2 Å². The van der Waals surface area contributed by atoms with E-state index < -0.39 is 6.10 Å². The summed E-state index contributed by atoms with van der Waals surface area (Å²) in [5.41, 5.74) is 0. The van der Waals surface area contributed by atoms with Gasteiger partial charge >= 0.3 is 17.9 Å². The molecule has 0 aliphatic carbocycles. The summed E-state index contributed by atoms with van der Waals surface area (Å²) >= 11 is 0. The van der Waals surface area contributed by atoms with Crippen LogP contribution in [0.25, 0.3) is 0 Å². The summed E-state index contributed by atoms with van der Waals surface area (Å²) in [5, 5.41) is 0. The van der Waals surface area contributed by atoms with Gasteiger partial charge in [-0.25, -0.2) is 0 Å². The van der Waals surface area contributed by atoms with E-state index in [-0.39, 0.29) is 31.1 Å². The highest BCUT2D eigenvalue weighted by Gasteiger charge is 2.19. The maximum absolute atomic E-state index is 12.8. The lowest BCUT2D eigenvalue weighted by Crippen LogP contribution is -2.30. The fourth-order valence-electron chi connectivity index (χ4n) is 6.83. The number of ether oxygens (including phenoxy) is 3. The molecule has 0 aliphatic heterocycles. The topological polar surface area (TPSA) is 78.9 Å². The van der Waals surface area contributed by atoms with Crippen LogP contribution in [0.4, 0.5) is 0 Å². The van der Waals surface area contributed by atoms with Gasteiger partial charge in [-0.3, -0.25) is 14.4 Å². The third-order valence-corrected chi connectivity index (χ3v) is 10.6. The van der Waals surface area contributed by atoms with Crippen LogP contribution in [-0.4, -0.2) is 37.2 Å². The Morgan fingerprint density at radius 2 is 0.678 bits per heavy atom. The number of esters is 3. The predicted molar refractivity (Wildman–Crippen MR) is 251 cm³/mol. The summed E-state index contributed by atoms with van der Waals surface area (Å²) < 4.78 is 16.7. The Morgan fingerprint density at radius 1 is 0.356 bits per heavy atom. The van der Waals surface area contributed by atoms with Gasteiger partial charge in [0.25, 0.3) is 0 Å². The normalized spacial score (nSPS) is 12.5. The Hall–Kier alpha value is -2.89. The quantitative estimate of drug-likeness (QED) is 0.0263. The minimum atomic E-state index is -0.786. The molecule has 0 aromatic rings. The standard InChI is InChI=1S/C53H92O6/c1-4-7-10-13-16-19-22-24-26-28-31-34-37-40-43-46-52(55)58-49-50(48-57-51(54)45-42-39-36-33-30-21-18-15-12-9-6-3)59-53(56)47-44-41-38-35-32-29-27-25-23-20-17-14-11-8-5-2/h7,10,13,15-16,18-19,21-22,30,50H,4-6,8-9,11-12,14,17,20,23-29,31-49H2,1-3H3/b10-7-,16-13-,18-15-,22-19-,30-21-. The van der Waals surface area contributed by atoms with Crippen LogP contribution < -0.4 is 0 Å². The molecule has 0 amide bonds. The van der Waals surface area contributed by atoms with Crippen molar-refractivity contribution in [2.45, 2.75) is 245 Å². The summed E-state index contributed by atoms with van der Waals surface area (Å²) in [7, 11) is 0. The zero-order valence-corrected chi connectivity index (χ0v) is 38.8. The van der Waals surface area contributed by atoms with Crippen molar-refractivity contribution < 1.29 is 28.6 Å². The van der Waals surface area contributed by atoms with Gasteiger partial charge in [0.05, 0.1) is 0 Å². The van der Waals surface area contributed by atoms with Gasteiger partial charge in [-0.2, -0.15) is 0 Å². The van der Waals surface area contributed by atoms with E-state index in [0.717, 1.165) is 83.5 Å². The Balaban J connectivity index is 4.40. The Labute approximate surface area is 364 Å². The van der Waals surface area contributed by atoms with E-state index in [9.17, 15) is 14.4 Å². The van der Waals surface area contributed by atoms with Gasteiger partial charge in [-0.05, 0) is 57.8 Å². The number of unbranched alkanes of at least 4 members (excludes halogenated alkanes) is 26. The lowest BCUT2D eigenvalue weighted by molar-refractivity contribution is -0.167. The number of hydrogen-bond donors (Lipinski definition) is 0. The van der Waals surface area contributed by atoms with E-state index >= 15 is 0 Å². The van der Waals surface area contributed by atoms with E-state index in [2.05, 4.69) is 81.5 Å². The van der Waals surface area contributed by atoms with Crippen molar-refractivity contribution in [1.82, 2.24) is 0 Å². The number of carbonyl (C=O) groups is 3. The molecule has 0 rings (SSSR count). The molecule has 1 atom stereocenters. The van der Waals surface area contributed by atoms with Crippen molar-refractivity contribution in [2.24, 2.45) is 0 Å². The van der Waals surface area contributed by atoms with Crippen LogP contribution in [-0.2, 0) is 28.6 Å². The summed E-state index contributed by atoms with van der Waals surface area (Å²) in [6.07, 6.45) is 57.7. The molecule has 0 fully saturated rings. The second-order valence-corrected chi connectivity index (χ2v) is 16.4. The third-order valence-electron chi connectivity index (χ3n) is 10.6. The SMILES string of the molecule is CC\C=C/C=C\C=C/CCCCCCCCCC(=O)OCC(COC(=O)CCCCC/C=C\C=C/CCCC)OC(=O)CCCCCCCCCCCCCCCCC. The van der Waals surface area contributed by atoms with Crippen LogP contribution >= 0.6 is 0 Å². The van der Waals surface area contributed by atoms with Gasteiger partial charge in [0.2, 0.25) is 0 Å². The summed E-state index contributed by atoms with van der Waals surface area (Å²) in [6, 6.07) is 0. The van der Waals surface area contributed by atoms with E-state index in [1.165, 1.54) is 116 Å². The van der Waals surface area contributed by atoms with Crippen LogP contribution in [0.15, 0.2) is 60.8 Å². The van der Waals surface area contributed by atoms with Crippen molar-refractivity contribution in [1.29, 1.82) is 0 Å². The molecule has 0 aromatic heterocycles. The Morgan fingerprint density at radius 3 is 1.10 bits per heavy atom. The van der Waals surface area contributed by atoms with Gasteiger partial charge in [-0.1, -0.05) is 223 Å². The molecule has 0 radical (unpaired) electrons. The molecule has 0 bridgehead atoms. The molecule has 0 saturated carbocycles. The molecule has 1 unspecified atom stereocenters. The molecule has 0 aliphatic rings. The van der Waals surface area contributed by atoms with Crippen LogP contribution in [0.5, 0.6) is 0 Å². The molecular weight excluding hydrogens is 733 g/mol. The van der Waals surface area contributed by atoms with Crippen molar-refractivity contribution in [3.63, 3.8) is 0 Å². The first-order chi connectivity index (χ1) is 29.0. The molecule has 6 nitrogen and oxygen atoms in total. The summed E-state index contributed by atoms with van der Waals surface area (Å²) in [5.74, 6) is -0.924. The van der Waals surface area contributed by atoms with Gasteiger partial charge in [-0.15, -0.1) is 0 Å². The van der Waals surface area contributed by atoms with E-state index in [1.807, 2.05) is 0 Å². The first kappa shape index (κ1) is 56.1. The molecule has 0 heterocycles. The minimum absolute atomic E-state index is 0.0877. The number of allylic oxidation sites excluding steroid dienone is 10. The van der Waals surface area contributed by atoms with E-state index in [1.54, 1.807) is 0 Å². The van der Waals surface area contributed by atoms with Crippen LogP contribution in [0, 0.1) is 0 Å². The highest BCUT2D eigenvalue weighted by Crippen LogP contribution is 2.15. The largest absolute Gasteiger partial charge is 0.462 e. The third kappa shape index (κ3) is 46.0. The average molecular weight is 825 g/mol. The lowest BCUT2D eigenvalue weighted by atomic mass is 10.0. The molecule has 0 aromatic carbocycles. The highest BCUT2D eigenvalue weighted by atomic mass is 16.6. The summed E-state index contributed by atoms with van der Waals surface area (Å²) in [6.45, 7) is 6.43. The minimum Gasteiger partial charge on any atom is -0.462 e. The molecule has 0 saturated heterocycles. The summed E-state index contributed by atoms with van der Waals surface area (Å²) in [4.78, 5) is 37.9. The van der Waals surface area contributed by atoms with Gasteiger partial charge in [0.15, 0.2) is 6.10 Å². The molecule has 6 heteroatoms. The molecule has 59 heavy (non-hydrogen) atoms. The smallest absolute Gasteiger partial charge is 0.306 e. The fourth-order valence-corrected chi connectivity index (χ4v) is 6.83. The van der Waals surface area contributed by atoms with Crippen LogP contribution in [0.1, 0.15) is 239 Å². The zero-order chi connectivity index (χ0) is 43.0. The van der Waals surface area contributed by atoms with Crippen molar-refractivity contribution >= 4 is 17.9 Å². The average Bonchev–Trinajstić information content (AvgIpc) is 3.23. The Kier molecular flexibility index (Phi) is 45.4. The maximum Gasteiger partial charge on any atom is 0.306 e.